The fraction of sp³-hybridized carbons (Fsp3) is 0.0870. The number of carbonyl (C=O) groups is 2. The molecular formula is C23H18BrClN2O4. The van der Waals surface area contributed by atoms with Gasteiger partial charge in [-0.05, 0) is 85.3 Å². The summed E-state index contributed by atoms with van der Waals surface area (Å²) in [6.07, 6.45) is 0.742. The molecule has 1 amide bonds. The molecule has 3 aromatic rings. The van der Waals surface area contributed by atoms with Gasteiger partial charge in [0.15, 0.2) is 6.10 Å². The molecule has 0 radical (unpaired) electrons. The molecule has 1 unspecified atom stereocenters. The number of benzene rings is 3. The van der Waals surface area contributed by atoms with Crippen molar-refractivity contribution in [3.8, 4) is 11.5 Å². The molecule has 0 aliphatic carbocycles. The van der Waals surface area contributed by atoms with E-state index in [9.17, 15) is 9.59 Å². The minimum Gasteiger partial charge on any atom is -0.481 e. The molecule has 0 aliphatic rings. The van der Waals surface area contributed by atoms with Gasteiger partial charge in [-0.25, -0.2) is 10.2 Å². The summed E-state index contributed by atoms with van der Waals surface area (Å²) in [6, 6.07) is 20.3. The predicted molar refractivity (Wildman–Crippen MR) is 123 cm³/mol. The van der Waals surface area contributed by atoms with Crippen LogP contribution < -0.4 is 14.9 Å². The van der Waals surface area contributed by atoms with Gasteiger partial charge < -0.3 is 9.47 Å². The minimum atomic E-state index is -0.737. The molecule has 0 fully saturated rings. The molecule has 0 aliphatic heterocycles. The highest BCUT2D eigenvalue weighted by Gasteiger charge is 2.13. The van der Waals surface area contributed by atoms with Crippen LogP contribution in [0, 0.1) is 0 Å². The Bertz CT molecular complexity index is 1070. The van der Waals surface area contributed by atoms with Crippen LogP contribution in [0.4, 0.5) is 0 Å². The monoisotopic (exact) mass is 500 g/mol. The van der Waals surface area contributed by atoms with E-state index in [1.807, 2.05) is 0 Å². The summed E-state index contributed by atoms with van der Waals surface area (Å²) < 4.78 is 11.8. The molecule has 158 valence electrons. The summed E-state index contributed by atoms with van der Waals surface area (Å²) in [4.78, 5) is 24.2. The third kappa shape index (κ3) is 6.94. The zero-order valence-electron chi connectivity index (χ0n) is 16.4. The summed E-state index contributed by atoms with van der Waals surface area (Å²) in [6.45, 7) is 1.62. The number of hydrogen-bond acceptors (Lipinski definition) is 5. The highest BCUT2D eigenvalue weighted by Crippen LogP contribution is 2.17. The van der Waals surface area contributed by atoms with Crippen LogP contribution in [-0.2, 0) is 4.79 Å². The van der Waals surface area contributed by atoms with Crippen LogP contribution >= 0.6 is 27.5 Å². The minimum absolute atomic E-state index is 0.397. The number of rotatable bonds is 7. The van der Waals surface area contributed by atoms with E-state index in [0.29, 0.717) is 22.1 Å². The van der Waals surface area contributed by atoms with Crippen LogP contribution in [0.1, 0.15) is 22.8 Å². The predicted octanol–water partition coefficient (Wildman–Crippen LogP) is 5.24. The Morgan fingerprint density at radius 1 is 0.968 bits per heavy atom. The third-order valence-electron chi connectivity index (χ3n) is 4.05. The molecule has 3 rings (SSSR count). The van der Waals surface area contributed by atoms with Gasteiger partial charge in [0.05, 0.1) is 11.8 Å². The number of hydrazone groups is 1. The molecule has 0 saturated carbocycles. The quantitative estimate of drug-likeness (QED) is 0.208. The number of carbonyl (C=O) groups excluding carboxylic acids is 2. The molecule has 3 aromatic carbocycles. The first-order valence-corrected chi connectivity index (χ1v) is 10.4. The fourth-order valence-corrected chi connectivity index (χ4v) is 2.80. The van der Waals surface area contributed by atoms with E-state index in [4.69, 9.17) is 21.1 Å². The maximum absolute atomic E-state index is 12.1. The van der Waals surface area contributed by atoms with Gasteiger partial charge in [-0.2, -0.15) is 5.10 Å². The molecule has 0 saturated heterocycles. The molecular weight excluding hydrogens is 484 g/mol. The smallest absolute Gasteiger partial charge is 0.343 e. The van der Waals surface area contributed by atoms with Crippen LogP contribution in [0.5, 0.6) is 11.5 Å². The lowest BCUT2D eigenvalue weighted by molar-refractivity contribution is -0.127. The number of nitrogens with one attached hydrogen (secondary N) is 1. The van der Waals surface area contributed by atoms with Gasteiger partial charge >= 0.3 is 5.97 Å². The highest BCUT2D eigenvalue weighted by molar-refractivity contribution is 9.10. The van der Waals surface area contributed by atoms with Gasteiger partial charge in [0, 0.05) is 9.50 Å². The van der Waals surface area contributed by atoms with Crippen molar-refractivity contribution in [2.75, 3.05) is 0 Å². The maximum Gasteiger partial charge on any atom is 0.343 e. The number of ether oxygens (including phenoxy) is 2. The van der Waals surface area contributed by atoms with Gasteiger partial charge in [-0.1, -0.05) is 27.5 Å². The molecule has 0 spiro atoms. The van der Waals surface area contributed by atoms with Gasteiger partial charge in [0.1, 0.15) is 11.5 Å². The second-order valence-electron chi connectivity index (χ2n) is 6.41. The first-order valence-electron chi connectivity index (χ1n) is 9.23. The number of nitrogens with zero attached hydrogens (tertiary/aromatic N) is 1. The zero-order valence-corrected chi connectivity index (χ0v) is 18.8. The second-order valence-corrected chi connectivity index (χ2v) is 7.77. The number of amides is 1. The molecule has 1 N–H and O–H groups in total. The highest BCUT2D eigenvalue weighted by atomic mass is 79.9. The van der Waals surface area contributed by atoms with Crippen molar-refractivity contribution in [2.24, 2.45) is 5.10 Å². The Labute approximate surface area is 193 Å². The standard InChI is InChI=1S/C23H18BrClN2O4/c1-15(30-20-12-8-19(25)9-13-20)22(28)27-26-14-16-2-10-21(11-3-16)31-23(29)17-4-6-18(24)7-5-17/h2-15H,1H3,(H,27,28). The lowest BCUT2D eigenvalue weighted by Crippen LogP contribution is -2.33. The Morgan fingerprint density at radius 2 is 1.58 bits per heavy atom. The van der Waals surface area contributed by atoms with E-state index < -0.39 is 18.0 Å². The Kier molecular flexibility index (Phi) is 7.81. The normalized spacial score (nSPS) is 11.7. The topological polar surface area (TPSA) is 77.0 Å². The molecule has 1 atom stereocenters. The molecule has 6 nitrogen and oxygen atoms in total. The van der Waals surface area contributed by atoms with Crippen molar-refractivity contribution in [1.29, 1.82) is 0 Å². The van der Waals surface area contributed by atoms with Gasteiger partial charge in [0.2, 0.25) is 0 Å². The van der Waals surface area contributed by atoms with Crippen molar-refractivity contribution in [2.45, 2.75) is 13.0 Å². The third-order valence-corrected chi connectivity index (χ3v) is 4.84. The van der Waals surface area contributed by atoms with E-state index in [1.54, 1.807) is 79.7 Å². The SMILES string of the molecule is CC(Oc1ccc(Cl)cc1)C(=O)NN=Cc1ccc(OC(=O)c2ccc(Br)cc2)cc1. The van der Waals surface area contributed by atoms with Crippen LogP contribution in [0.3, 0.4) is 0 Å². The number of esters is 1. The van der Waals surface area contributed by atoms with E-state index in [1.165, 1.54) is 6.21 Å². The largest absolute Gasteiger partial charge is 0.481 e. The molecule has 0 aromatic heterocycles. The van der Waals surface area contributed by atoms with Crippen LogP contribution in [0.2, 0.25) is 5.02 Å². The first kappa shape index (κ1) is 22.5. The van der Waals surface area contributed by atoms with Crippen LogP contribution in [-0.4, -0.2) is 24.2 Å². The van der Waals surface area contributed by atoms with Gasteiger partial charge in [-0.3, -0.25) is 4.79 Å². The van der Waals surface area contributed by atoms with Crippen molar-refractivity contribution in [3.05, 3.63) is 93.4 Å². The zero-order chi connectivity index (χ0) is 22.2. The summed E-state index contributed by atoms with van der Waals surface area (Å²) in [5.41, 5.74) is 3.59. The average molecular weight is 502 g/mol. The number of halogens is 2. The van der Waals surface area contributed by atoms with Crippen LogP contribution in [0.25, 0.3) is 0 Å². The van der Waals surface area contributed by atoms with Gasteiger partial charge in [0.25, 0.3) is 5.91 Å². The lowest BCUT2D eigenvalue weighted by atomic mass is 10.2. The van der Waals surface area contributed by atoms with E-state index in [2.05, 4.69) is 26.5 Å². The molecule has 0 heterocycles. The first-order chi connectivity index (χ1) is 14.9. The maximum atomic E-state index is 12.1. The van der Waals surface area contributed by atoms with E-state index in [0.717, 1.165) is 10.0 Å². The van der Waals surface area contributed by atoms with Crippen molar-refractivity contribution >= 4 is 45.6 Å². The average Bonchev–Trinajstić information content (AvgIpc) is 2.77. The Morgan fingerprint density at radius 3 is 2.23 bits per heavy atom. The Balaban J connectivity index is 1.49. The van der Waals surface area contributed by atoms with Crippen molar-refractivity contribution in [3.63, 3.8) is 0 Å². The second kappa shape index (κ2) is 10.7. The summed E-state index contributed by atoms with van der Waals surface area (Å²) in [7, 11) is 0. The van der Waals surface area contributed by atoms with Crippen molar-refractivity contribution < 1.29 is 19.1 Å². The molecule has 31 heavy (non-hydrogen) atoms. The summed E-state index contributed by atoms with van der Waals surface area (Å²) in [5.74, 6) is 0.0884. The van der Waals surface area contributed by atoms with Gasteiger partial charge in [-0.15, -0.1) is 0 Å². The van der Waals surface area contributed by atoms with Crippen molar-refractivity contribution in [1.82, 2.24) is 5.43 Å². The van der Waals surface area contributed by atoms with E-state index in [-0.39, 0.29) is 0 Å². The summed E-state index contributed by atoms with van der Waals surface area (Å²) in [5, 5.41) is 4.51. The molecule has 0 bridgehead atoms. The molecule has 8 heteroatoms. The lowest BCUT2D eigenvalue weighted by Gasteiger charge is -2.12. The Hall–Kier alpha value is -3.16. The fourth-order valence-electron chi connectivity index (χ4n) is 2.41. The van der Waals surface area contributed by atoms with Crippen LogP contribution in [0.15, 0.2) is 82.4 Å². The summed E-state index contributed by atoms with van der Waals surface area (Å²) >= 11 is 9.15. The van der Waals surface area contributed by atoms with E-state index >= 15 is 0 Å². The number of hydrogen-bond donors (Lipinski definition) is 1.